The Bertz CT molecular complexity index is 929. The fourth-order valence-corrected chi connectivity index (χ4v) is 3.58. The fraction of sp³-hybridized carbons (Fsp3) is 0.450. The van der Waals surface area contributed by atoms with Gasteiger partial charge in [0.05, 0.1) is 11.4 Å². The van der Waals surface area contributed by atoms with Gasteiger partial charge < -0.3 is 21.1 Å². The number of nitrogens with two attached hydrogens (primary N) is 2. The molecule has 1 aromatic carbocycles. The van der Waals surface area contributed by atoms with Crippen molar-refractivity contribution in [2.75, 3.05) is 17.2 Å². The molecule has 2 fully saturated rings. The zero-order chi connectivity index (χ0) is 20.1. The molecular formula is C20H25FN6O. The lowest BCUT2D eigenvalue weighted by atomic mass is 10.0. The number of ether oxygens (including phenoxy) is 1. The lowest BCUT2D eigenvalue weighted by molar-refractivity contribution is 0.191. The van der Waals surface area contributed by atoms with Crippen LogP contribution in [0.15, 0.2) is 24.5 Å². The minimum absolute atomic E-state index is 0.100. The van der Waals surface area contributed by atoms with Crippen LogP contribution in [-0.2, 0) is 0 Å². The third-order valence-corrected chi connectivity index (χ3v) is 5.49. The Balaban J connectivity index is 1.64. The molecule has 0 bridgehead atoms. The quantitative estimate of drug-likeness (QED) is 0.539. The van der Waals surface area contributed by atoms with Crippen LogP contribution in [0.25, 0.3) is 0 Å². The van der Waals surface area contributed by atoms with Gasteiger partial charge in [-0.15, -0.1) is 0 Å². The molecule has 0 amide bonds. The smallest absolute Gasteiger partial charge is 0.167 e. The first-order valence-corrected chi connectivity index (χ1v) is 9.47. The van der Waals surface area contributed by atoms with Crippen LogP contribution in [0.3, 0.4) is 0 Å². The van der Waals surface area contributed by atoms with Gasteiger partial charge in [0, 0.05) is 42.0 Å². The van der Waals surface area contributed by atoms with Gasteiger partial charge in [-0.1, -0.05) is 0 Å². The SMILES string of the molecule is CC1CC(N)CN1c1cc(C(=N)c2cc(OC3(C)CC3)c(F)cc2N)ncn1. The minimum Gasteiger partial charge on any atom is -0.484 e. The maximum Gasteiger partial charge on any atom is 0.167 e. The standard InChI is InChI=1S/C20H25FN6O/c1-11-5-12(22)9-27(11)18-8-16(25-10-26-18)19(24)13-6-17(14(21)7-15(13)23)28-20(2)3-4-20/h6-8,10-12,24H,3-5,9,22-23H2,1-2H3. The average Bonchev–Trinajstić information content (AvgIpc) is 3.28. The van der Waals surface area contributed by atoms with Crippen molar-refractivity contribution in [2.24, 2.45) is 5.73 Å². The predicted octanol–water partition coefficient (Wildman–Crippen LogP) is 2.47. The summed E-state index contributed by atoms with van der Waals surface area (Å²) in [5, 5.41) is 8.59. The molecule has 0 radical (unpaired) electrons. The molecule has 8 heteroatoms. The van der Waals surface area contributed by atoms with Crippen molar-refractivity contribution < 1.29 is 9.13 Å². The Labute approximate surface area is 163 Å². The summed E-state index contributed by atoms with van der Waals surface area (Å²) in [7, 11) is 0. The molecule has 1 saturated heterocycles. The van der Waals surface area contributed by atoms with E-state index < -0.39 is 5.82 Å². The van der Waals surface area contributed by atoms with Gasteiger partial charge in [-0.05, 0) is 39.2 Å². The molecule has 2 aliphatic rings. The van der Waals surface area contributed by atoms with Crippen molar-refractivity contribution >= 4 is 17.2 Å². The lowest BCUT2D eigenvalue weighted by Crippen LogP contribution is -2.30. The average molecular weight is 384 g/mol. The molecule has 1 aliphatic heterocycles. The van der Waals surface area contributed by atoms with Crippen molar-refractivity contribution in [3.63, 3.8) is 0 Å². The molecular weight excluding hydrogens is 359 g/mol. The number of nitrogen functional groups attached to an aromatic ring is 1. The molecule has 28 heavy (non-hydrogen) atoms. The molecule has 7 nitrogen and oxygen atoms in total. The fourth-order valence-electron chi connectivity index (χ4n) is 3.58. The number of rotatable bonds is 5. The van der Waals surface area contributed by atoms with E-state index in [4.69, 9.17) is 21.6 Å². The normalized spacial score (nSPS) is 22.9. The van der Waals surface area contributed by atoms with E-state index in [9.17, 15) is 4.39 Å². The third-order valence-electron chi connectivity index (χ3n) is 5.49. The van der Waals surface area contributed by atoms with Gasteiger partial charge in [0.1, 0.15) is 17.7 Å². The number of hydrogen-bond donors (Lipinski definition) is 3. The van der Waals surface area contributed by atoms with Crippen molar-refractivity contribution in [3.8, 4) is 5.75 Å². The maximum absolute atomic E-state index is 14.3. The van der Waals surface area contributed by atoms with E-state index in [2.05, 4.69) is 21.8 Å². The Morgan fingerprint density at radius 2 is 2.07 bits per heavy atom. The van der Waals surface area contributed by atoms with Crippen LogP contribution in [0.1, 0.15) is 44.4 Å². The molecule has 148 valence electrons. The van der Waals surface area contributed by atoms with E-state index in [1.807, 2.05) is 6.92 Å². The highest BCUT2D eigenvalue weighted by molar-refractivity contribution is 6.13. The largest absolute Gasteiger partial charge is 0.484 e. The second-order valence-corrected chi connectivity index (χ2v) is 8.06. The zero-order valence-corrected chi connectivity index (χ0v) is 16.1. The van der Waals surface area contributed by atoms with Crippen molar-refractivity contribution in [3.05, 3.63) is 41.6 Å². The summed E-state index contributed by atoms with van der Waals surface area (Å²) in [5.74, 6) is 0.311. The van der Waals surface area contributed by atoms with Crippen LogP contribution in [0, 0.1) is 11.2 Å². The molecule has 1 aromatic heterocycles. The van der Waals surface area contributed by atoms with E-state index in [0.29, 0.717) is 17.8 Å². The molecule has 0 spiro atoms. The first kappa shape index (κ1) is 18.6. The molecule has 2 unspecified atom stereocenters. The van der Waals surface area contributed by atoms with Crippen molar-refractivity contribution in [1.29, 1.82) is 5.41 Å². The van der Waals surface area contributed by atoms with Crippen LogP contribution in [-0.4, -0.2) is 39.9 Å². The van der Waals surface area contributed by atoms with E-state index >= 15 is 0 Å². The summed E-state index contributed by atoms with van der Waals surface area (Å²) in [6.45, 7) is 4.74. The Morgan fingerprint density at radius 3 is 2.71 bits per heavy atom. The number of benzene rings is 1. The number of nitrogens with one attached hydrogen (secondary N) is 1. The van der Waals surface area contributed by atoms with E-state index in [0.717, 1.165) is 25.1 Å². The summed E-state index contributed by atoms with van der Waals surface area (Å²) in [6.07, 6.45) is 4.09. The topological polar surface area (TPSA) is 114 Å². The van der Waals surface area contributed by atoms with Gasteiger partial charge in [-0.25, -0.2) is 14.4 Å². The molecule has 4 rings (SSSR count). The van der Waals surface area contributed by atoms with Gasteiger partial charge in [0.25, 0.3) is 0 Å². The van der Waals surface area contributed by atoms with Crippen LogP contribution >= 0.6 is 0 Å². The van der Waals surface area contributed by atoms with Gasteiger partial charge in [-0.2, -0.15) is 0 Å². The van der Waals surface area contributed by atoms with Crippen LogP contribution in [0.5, 0.6) is 5.75 Å². The van der Waals surface area contributed by atoms with E-state index in [1.54, 1.807) is 6.07 Å². The maximum atomic E-state index is 14.3. The summed E-state index contributed by atoms with van der Waals surface area (Å²) in [4.78, 5) is 10.7. The molecule has 2 atom stereocenters. The number of aromatic nitrogens is 2. The Hall–Kier alpha value is -2.74. The minimum atomic E-state index is -0.523. The van der Waals surface area contributed by atoms with Crippen molar-refractivity contribution in [1.82, 2.24) is 9.97 Å². The highest BCUT2D eigenvalue weighted by atomic mass is 19.1. The Morgan fingerprint density at radius 1 is 1.32 bits per heavy atom. The highest BCUT2D eigenvalue weighted by Gasteiger charge is 2.40. The summed E-state index contributed by atoms with van der Waals surface area (Å²) >= 11 is 0. The highest BCUT2D eigenvalue weighted by Crippen LogP contribution is 2.41. The second-order valence-electron chi connectivity index (χ2n) is 8.06. The Kier molecular flexibility index (Phi) is 4.45. The summed E-state index contributed by atoms with van der Waals surface area (Å²) < 4.78 is 20.1. The lowest BCUT2D eigenvalue weighted by Gasteiger charge is -2.22. The van der Waals surface area contributed by atoms with Gasteiger partial charge in [-0.3, -0.25) is 5.41 Å². The second kappa shape index (κ2) is 6.70. The van der Waals surface area contributed by atoms with Gasteiger partial charge >= 0.3 is 0 Å². The van der Waals surface area contributed by atoms with Crippen molar-refractivity contribution in [2.45, 2.75) is 50.8 Å². The molecule has 2 heterocycles. The molecule has 2 aromatic rings. The van der Waals surface area contributed by atoms with Gasteiger partial charge in [0.15, 0.2) is 11.6 Å². The molecule has 1 aliphatic carbocycles. The van der Waals surface area contributed by atoms with Crippen LogP contribution in [0.4, 0.5) is 15.9 Å². The third kappa shape index (κ3) is 3.52. The van der Waals surface area contributed by atoms with E-state index in [-0.39, 0.29) is 34.8 Å². The number of halogens is 1. The number of anilines is 2. The molecule has 1 saturated carbocycles. The summed E-state index contributed by atoms with van der Waals surface area (Å²) in [5.41, 5.74) is 12.8. The first-order valence-electron chi connectivity index (χ1n) is 9.47. The first-order chi connectivity index (χ1) is 13.3. The molecule has 5 N–H and O–H groups in total. The number of hydrogen-bond acceptors (Lipinski definition) is 7. The van der Waals surface area contributed by atoms with E-state index in [1.165, 1.54) is 18.5 Å². The summed E-state index contributed by atoms with van der Waals surface area (Å²) in [6, 6.07) is 4.82. The zero-order valence-electron chi connectivity index (χ0n) is 16.1. The van der Waals surface area contributed by atoms with Crippen LogP contribution in [0.2, 0.25) is 0 Å². The predicted molar refractivity (Wildman–Crippen MR) is 106 cm³/mol. The van der Waals surface area contributed by atoms with Gasteiger partial charge in [0.2, 0.25) is 0 Å². The van der Waals surface area contributed by atoms with Crippen LogP contribution < -0.4 is 21.1 Å². The number of nitrogens with zero attached hydrogens (tertiary/aromatic N) is 3. The monoisotopic (exact) mass is 384 g/mol.